The van der Waals surface area contributed by atoms with Crippen LogP contribution >= 0.6 is 11.8 Å². The summed E-state index contributed by atoms with van der Waals surface area (Å²) in [5.41, 5.74) is 1.36. The Bertz CT molecular complexity index is 722. The Labute approximate surface area is 145 Å². The fraction of sp³-hybridized carbons (Fsp3) is 0.316. The molecule has 2 aromatic carbocycles. The average molecular weight is 345 g/mol. The number of benzene rings is 2. The van der Waals surface area contributed by atoms with E-state index < -0.39 is 0 Å². The summed E-state index contributed by atoms with van der Waals surface area (Å²) >= 11 is 1.72. The molecular weight excluding hydrogens is 325 g/mol. The monoisotopic (exact) mass is 345 g/mol. The van der Waals surface area contributed by atoms with Crippen LogP contribution in [0.4, 0.5) is 4.39 Å². The predicted molar refractivity (Wildman–Crippen MR) is 95.1 cm³/mol. The first-order valence-corrected chi connectivity index (χ1v) is 9.03. The molecule has 1 fully saturated rings. The number of methoxy groups -OCH3 is 1. The first-order valence-electron chi connectivity index (χ1n) is 7.98. The molecule has 0 spiro atoms. The molecule has 0 aromatic heterocycles. The molecule has 1 heterocycles. The van der Waals surface area contributed by atoms with Gasteiger partial charge in [-0.2, -0.15) is 11.8 Å². The first-order chi connectivity index (χ1) is 11.7. The lowest BCUT2D eigenvalue weighted by molar-refractivity contribution is 0.0766. The van der Waals surface area contributed by atoms with Crippen LogP contribution in [0.3, 0.4) is 0 Å². The molecule has 3 rings (SSSR count). The third-order valence-corrected chi connectivity index (χ3v) is 5.51. The molecule has 126 valence electrons. The van der Waals surface area contributed by atoms with Crippen LogP contribution in [0.15, 0.2) is 48.5 Å². The van der Waals surface area contributed by atoms with E-state index in [0.29, 0.717) is 24.4 Å². The van der Waals surface area contributed by atoms with Gasteiger partial charge in [-0.3, -0.25) is 4.79 Å². The molecule has 1 aliphatic heterocycles. The van der Waals surface area contributed by atoms with Gasteiger partial charge in [0, 0.05) is 35.2 Å². The number of ether oxygens (including phenoxy) is 1. The minimum atomic E-state index is -0.164. The first kappa shape index (κ1) is 16.8. The molecule has 5 heteroatoms. The van der Waals surface area contributed by atoms with E-state index in [2.05, 4.69) is 0 Å². The summed E-state index contributed by atoms with van der Waals surface area (Å²) in [4.78, 5) is 14.6. The highest BCUT2D eigenvalue weighted by Gasteiger charge is 2.24. The van der Waals surface area contributed by atoms with Crippen LogP contribution < -0.4 is 4.74 Å². The Kier molecular flexibility index (Phi) is 5.41. The van der Waals surface area contributed by atoms with Crippen molar-refractivity contribution in [2.75, 3.05) is 26.0 Å². The van der Waals surface area contributed by atoms with Crippen LogP contribution in [-0.4, -0.2) is 36.8 Å². The maximum absolute atomic E-state index is 14.0. The maximum atomic E-state index is 14.0. The van der Waals surface area contributed by atoms with Crippen molar-refractivity contribution in [2.45, 2.75) is 11.7 Å². The summed E-state index contributed by atoms with van der Waals surface area (Å²) in [6.45, 7) is 1.30. The number of thioether (sulfide) groups is 1. The lowest BCUT2D eigenvalue weighted by Gasteiger charge is -2.20. The summed E-state index contributed by atoms with van der Waals surface area (Å²) in [6, 6.07) is 14.1. The predicted octanol–water partition coefficient (Wildman–Crippen LogP) is 4.15. The molecule has 3 nitrogen and oxygen atoms in total. The Morgan fingerprint density at radius 1 is 1.21 bits per heavy atom. The minimum absolute atomic E-state index is 0.00341. The molecule has 0 aliphatic carbocycles. The van der Waals surface area contributed by atoms with Gasteiger partial charge in [-0.15, -0.1) is 0 Å². The van der Waals surface area contributed by atoms with Gasteiger partial charge >= 0.3 is 0 Å². The second-order valence-electron chi connectivity index (χ2n) is 5.69. The third kappa shape index (κ3) is 3.73. The zero-order valence-corrected chi connectivity index (χ0v) is 14.4. The summed E-state index contributed by atoms with van der Waals surface area (Å²) in [5, 5.41) is 0.0920. The van der Waals surface area contributed by atoms with Crippen LogP contribution in [0, 0.1) is 5.82 Å². The molecule has 0 N–H and O–H groups in total. The van der Waals surface area contributed by atoms with E-state index in [1.54, 1.807) is 37.1 Å². The van der Waals surface area contributed by atoms with E-state index in [1.807, 2.05) is 29.2 Å². The van der Waals surface area contributed by atoms with E-state index in [0.717, 1.165) is 17.7 Å². The number of hydrogen-bond acceptors (Lipinski definition) is 3. The van der Waals surface area contributed by atoms with Gasteiger partial charge < -0.3 is 9.64 Å². The molecule has 2 aromatic rings. The van der Waals surface area contributed by atoms with Gasteiger partial charge in [-0.1, -0.05) is 24.3 Å². The Morgan fingerprint density at radius 3 is 2.83 bits per heavy atom. The Balaban J connectivity index is 1.71. The summed E-state index contributed by atoms with van der Waals surface area (Å²) in [7, 11) is 1.59. The van der Waals surface area contributed by atoms with Crippen LogP contribution in [-0.2, 0) is 0 Å². The molecule has 1 aliphatic rings. The Hall–Kier alpha value is -2.01. The largest absolute Gasteiger partial charge is 0.497 e. The van der Waals surface area contributed by atoms with Crippen molar-refractivity contribution in [1.29, 1.82) is 0 Å². The van der Waals surface area contributed by atoms with E-state index in [4.69, 9.17) is 4.74 Å². The van der Waals surface area contributed by atoms with E-state index in [-0.39, 0.29) is 17.0 Å². The van der Waals surface area contributed by atoms with Crippen molar-refractivity contribution < 1.29 is 13.9 Å². The topological polar surface area (TPSA) is 29.5 Å². The summed E-state index contributed by atoms with van der Waals surface area (Å²) < 4.78 is 19.2. The molecule has 1 atom stereocenters. The zero-order chi connectivity index (χ0) is 16.9. The fourth-order valence-electron chi connectivity index (χ4n) is 2.90. The van der Waals surface area contributed by atoms with Crippen molar-refractivity contribution in [3.8, 4) is 5.75 Å². The van der Waals surface area contributed by atoms with Gasteiger partial charge in [0.2, 0.25) is 0 Å². The van der Waals surface area contributed by atoms with Crippen LogP contribution in [0.25, 0.3) is 0 Å². The number of halogens is 1. The minimum Gasteiger partial charge on any atom is -0.497 e. The van der Waals surface area contributed by atoms with Crippen molar-refractivity contribution >= 4 is 17.7 Å². The molecule has 1 amide bonds. The highest BCUT2D eigenvalue weighted by molar-refractivity contribution is 7.99. The van der Waals surface area contributed by atoms with Crippen LogP contribution in [0.1, 0.15) is 27.6 Å². The summed E-state index contributed by atoms with van der Waals surface area (Å²) in [5.74, 6) is 1.31. The van der Waals surface area contributed by atoms with Gasteiger partial charge in [0.25, 0.3) is 5.91 Å². The van der Waals surface area contributed by atoms with Crippen LogP contribution in [0.2, 0.25) is 0 Å². The number of carbonyl (C=O) groups excluding carboxylic acids is 1. The molecule has 0 radical (unpaired) electrons. The van der Waals surface area contributed by atoms with E-state index >= 15 is 0 Å². The lowest BCUT2D eigenvalue weighted by atomic mass is 10.1. The molecule has 0 unspecified atom stereocenters. The quantitative estimate of drug-likeness (QED) is 0.837. The second-order valence-corrected chi connectivity index (χ2v) is 7.00. The molecule has 0 saturated carbocycles. The number of hydrogen-bond donors (Lipinski definition) is 0. The van der Waals surface area contributed by atoms with Crippen molar-refractivity contribution in [1.82, 2.24) is 4.90 Å². The third-order valence-electron chi connectivity index (χ3n) is 4.20. The highest BCUT2D eigenvalue weighted by atomic mass is 32.2. The average Bonchev–Trinajstić information content (AvgIpc) is 2.87. The maximum Gasteiger partial charge on any atom is 0.254 e. The van der Waals surface area contributed by atoms with Gasteiger partial charge in [-0.25, -0.2) is 4.39 Å². The Morgan fingerprint density at radius 2 is 2.04 bits per heavy atom. The number of carbonyl (C=O) groups is 1. The number of amides is 1. The normalized spacial score (nSPS) is 18.1. The van der Waals surface area contributed by atoms with Crippen molar-refractivity contribution in [3.63, 3.8) is 0 Å². The molecule has 24 heavy (non-hydrogen) atoms. The van der Waals surface area contributed by atoms with E-state index in [1.165, 1.54) is 6.07 Å². The van der Waals surface area contributed by atoms with E-state index in [9.17, 15) is 9.18 Å². The van der Waals surface area contributed by atoms with Crippen molar-refractivity contribution in [3.05, 3.63) is 65.5 Å². The smallest absolute Gasteiger partial charge is 0.254 e. The molecular formula is C19H20FNO2S. The summed E-state index contributed by atoms with van der Waals surface area (Å²) in [6.07, 6.45) is 0.751. The zero-order valence-electron chi connectivity index (χ0n) is 13.6. The van der Waals surface area contributed by atoms with Crippen molar-refractivity contribution in [2.24, 2.45) is 0 Å². The lowest BCUT2D eigenvalue weighted by Crippen LogP contribution is -2.32. The molecule has 1 saturated heterocycles. The van der Waals surface area contributed by atoms with Gasteiger partial charge in [0.1, 0.15) is 11.6 Å². The second kappa shape index (κ2) is 7.71. The highest BCUT2D eigenvalue weighted by Crippen LogP contribution is 2.35. The fourth-order valence-corrected chi connectivity index (χ4v) is 4.15. The van der Waals surface area contributed by atoms with Crippen LogP contribution in [0.5, 0.6) is 5.75 Å². The molecule has 0 bridgehead atoms. The number of nitrogens with zero attached hydrogens (tertiary/aromatic N) is 1. The standard InChI is InChI=1S/C19H20FNO2S/c1-23-15-6-4-5-14(13-15)19(22)21-10-9-18(24-12-11-21)16-7-2-3-8-17(16)20/h2-8,13,18H,9-12H2,1H3/t18-/m0/s1. The van der Waals surface area contributed by atoms with Gasteiger partial charge in [0.15, 0.2) is 0 Å². The number of rotatable bonds is 3. The van der Waals surface area contributed by atoms with Gasteiger partial charge in [-0.05, 0) is 30.7 Å². The SMILES string of the molecule is COc1cccc(C(=O)N2CCS[C@H](c3ccccc3F)CC2)c1. The van der Waals surface area contributed by atoms with Gasteiger partial charge in [0.05, 0.1) is 7.11 Å².